The smallest absolute Gasteiger partial charge is 0.142 e. The topological polar surface area (TPSA) is 45.5 Å². The zero-order valence-electron chi connectivity index (χ0n) is 10.1. The maximum atomic E-state index is 8.72. The van der Waals surface area contributed by atoms with Gasteiger partial charge in [-0.2, -0.15) is 5.26 Å². The van der Waals surface area contributed by atoms with Gasteiger partial charge in [0.15, 0.2) is 0 Å². The Kier molecular flexibility index (Phi) is 4.01. The maximum Gasteiger partial charge on any atom is 0.142 e. The molecule has 86 valence electrons. The van der Waals surface area contributed by atoms with Gasteiger partial charge in [0.1, 0.15) is 11.5 Å². The number of anilines is 1. The van der Waals surface area contributed by atoms with Gasteiger partial charge in [0, 0.05) is 25.7 Å². The van der Waals surface area contributed by atoms with Crippen LogP contribution in [0.4, 0.5) is 5.69 Å². The van der Waals surface area contributed by atoms with Gasteiger partial charge < -0.3 is 14.4 Å². The lowest BCUT2D eigenvalue weighted by Crippen LogP contribution is -2.11. The summed E-state index contributed by atoms with van der Waals surface area (Å²) in [6.45, 7) is 0. The second-order valence-corrected chi connectivity index (χ2v) is 3.57. The van der Waals surface area contributed by atoms with Crippen molar-refractivity contribution in [3.63, 3.8) is 0 Å². The number of nitriles is 1. The van der Waals surface area contributed by atoms with E-state index in [2.05, 4.69) is 6.07 Å². The van der Waals surface area contributed by atoms with E-state index in [0.29, 0.717) is 12.2 Å². The Labute approximate surface area is 96.0 Å². The third kappa shape index (κ3) is 2.37. The summed E-state index contributed by atoms with van der Waals surface area (Å²) in [6.07, 6.45) is 0.313. The molecule has 0 saturated carbocycles. The van der Waals surface area contributed by atoms with E-state index in [1.165, 1.54) is 0 Å². The molecule has 0 aromatic heterocycles. The van der Waals surface area contributed by atoms with Gasteiger partial charge in [-0.15, -0.1) is 0 Å². The van der Waals surface area contributed by atoms with Crippen LogP contribution in [0.1, 0.15) is 5.56 Å². The van der Waals surface area contributed by atoms with E-state index in [0.717, 1.165) is 17.0 Å². The molecule has 0 aliphatic carbocycles. The van der Waals surface area contributed by atoms with E-state index in [1.54, 1.807) is 14.2 Å². The fraction of sp³-hybridized carbons (Fsp3) is 0.417. The van der Waals surface area contributed by atoms with Crippen LogP contribution in [-0.4, -0.2) is 28.3 Å². The molecule has 1 aromatic rings. The van der Waals surface area contributed by atoms with Crippen LogP contribution in [0.5, 0.6) is 11.5 Å². The number of methoxy groups -OCH3 is 2. The van der Waals surface area contributed by atoms with E-state index in [4.69, 9.17) is 14.7 Å². The molecule has 0 fully saturated rings. The minimum atomic E-state index is 0.313. The molecule has 16 heavy (non-hydrogen) atoms. The van der Waals surface area contributed by atoms with Gasteiger partial charge in [0.25, 0.3) is 0 Å². The number of ether oxygens (including phenoxy) is 2. The predicted octanol–water partition coefficient (Wildman–Crippen LogP) is 1.84. The first-order valence-electron chi connectivity index (χ1n) is 4.93. The Hall–Kier alpha value is -1.89. The van der Waals surface area contributed by atoms with Crippen LogP contribution >= 0.6 is 0 Å². The largest absolute Gasteiger partial charge is 0.496 e. The normalized spacial score (nSPS) is 9.44. The summed E-state index contributed by atoms with van der Waals surface area (Å²) in [7, 11) is 7.08. The number of nitrogens with zero attached hydrogens (tertiary/aromatic N) is 2. The number of rotatable bonds is 4. The van der Waals surface area contributed by atoms with Crippen molar-refractivity contribution in [2.45, 2.75) is 6.42 Å². The molecule has 0 radical (unpaired) electrons. The summed E-state index contributed by atoms with van der Waals surface area (Å²) in [5.74, 6) is 1.46. The molecule has 0 unspecified atom stereocenters. The number of hydrogen-bond donors (Lipinski definition) is 0. The second-order valence-electron chi connectivity index (χ2n) is 3.57. The minimum absolute atomic E-state index is 0.313. The Morgan fingerprint density at radius 1 is 1.19 bits per heavy atom. The van der Waals surface area contributed by atoms with Gasteiger partial charge in [0.2, 0.25) is 0 Å². The van der Waals surface area contributed by atoms with E-state index < -0.39 is 0 Å². The van der Waals surface area contributed by atoms with Crippen molar-refractivity contribution in [1.29, 1.82) is 5.26 Å². The minimum Gasteiger partial charge on any atom is -0.496 e. The lowest BCUT2D eigenvalue weighted by molar-refractivity contribution is 0.400. The Bertz CT molecular complexity index is 408. The quantitative estimate of drug-likeness (QED) is 0.776. The summed E-state index contributed by atoms with van der Waals surface area (Å²) < 4.78 is 10.5. The first-order valence-corrected chi connectivity index (χ1v) is 4.93. The lowest BCUT2D eigenvalue weighted by atomic mass is 10.1. The van der Waals surface area contributed by atoms with Gasteiger partial charge in [-0.3, -0.25) is 0 Å². The highest BCUT2D eigenvalue weighted by atomic mass is 16.5. The van der Waals surface area contributed by atoms with Gasteiger partial charge in [-0.05, 0) is 6.07 Å². The third-order valence-electron chi connectivity index (χ3n) is 2.33. The average molecular weight is 220 g/mol. The Morgan fingerprint density at radius 3 is 2.25 bits per heavy atom. The summed E-state index contributed by atoms with van der Waals surface area (Å²) in [6, 6.07) is 5.83. The molecular weight excluding hydrogens is 204 g/mol. The molecule has 1 aromatic carbocycles. The highest BCUT2D eigenvalue weighted by Crippen LogP contribution is 2.34. The van der Waals surface area contributed by atoms with Gasteiger partial charge in [-0.25, -0.2) is 0 Å². The third-order valence-corrected chi connectivity index (χ3v) is 2.33. The molecule has 0 spiro atoms. The molecule has 4 heteroatoms. The van der Waals surface area contributed by atoms with Crippen LogP contribution in [0.2, 0.25) is 0 Å². The van der Waals surface area contributed by atoms with Crippen molar-refractivity contribution in [2.75, 3.05) is 33.2 Å². The van der Waals surface area contributed by atoms with Crippen LogP contribution < -0.4 is 14.4 Å². The number of benzene rings is 1. The first kappa shape index (κ1) is 12.2. The van der Waals surface area contributed by atoms with Crippen LogP contribution in [0, 0.1) is 11.3 Å². The molecule has 1 rings (SSSR count). The Morgan fingerprint density at radius 2 is 1.81 bits per heavy atom. The standard InChI is InChI=1S/C12H16N2O2/c1-14(2)10-8-11(15-3)9(5-6-13)7-12(10)16-4/h7-8H,5H2,1-4H3. The highest BCUT2D eigenvalue weighted by molar-refractivity contribution is 5.63. The maximum absolute atomic E-state index is 8.72. The second kappa shape index (κ2) is 5.26. The lowest BCUT2D eigenvalue weighted by Gasteiger charge is -2.19. The van der Waals surface area contributed by atoms with Crippen LogP contribution in [-0.2, 0) is 6.42 Å². The van der Waals surface area contributed by atoms with E-state index >= 15 is 0 Å². The predicted molar refractivity (Wildman–Crippen MR) is 63.2 cm³/mol. The fourth-order valence-corrected chi connectivity index (χ4v) is 1.52. The van der Waals surface area contributed by atoms with Crippen LogP contribution in [0.3, 0.4) is 0 Å². The zero-order chi connectivity index (χ0) is 12.1. The SMILES string of the molecule is COc1cc(N(C)C)c(OC)cc1CC#N. The zero-order valence-corrected chi connectivity index (χ0v) is 10.1. The monoisotopic (exact) mass is 220 g/mol. The Balaban J connectivity index is 3.29. The van der Waals surface area contributed by atoms with Crippen molar-refractivity contribution < 1.29 is 9.47 Å². The molecule has 4 nitrogen and oxygen atoms in total. The molecule has 0 amide bonds. The summed E-state index contributed by atoms with van der Waals surface area (Å²) in [4.78, 5) is 1.94. The van der Waals surface area contributed by atoms with Crippen LogP contribution in [0.15, 0.2) is 12.1 Å². The molecule has 0 heterocycles. The van der Waals surface area contributed by atoms with E-state index in [-0.39, 0.29) is 0 Å². The van der Waals surface area contributed by atoms with E-state index in [1.807, 2.05) is 31.1 Å². The molecule has 0 bridgehead atoms. The summed E-state index contributed by atoms with van der Waals surface area (Å²) in [5.41, 5.74) is 1.77. The molecular formula is C12H16N2O2. The molecule has 0 aliphatic rings. The highest BCUT2D eigenvalue weighted by Gasteiger charge is 2.12. The fourth-order valence-electron chi connectivity index (χ4n) is 1.52. The van der Waals surface area contributed by atoms with Crippen molar-refractivity contribution in [3.05, 3.63) is 17.7 Å². The van der Waals surface area contributed by atoms with E-state index in [9.17, 15) is 0 Å². The number of hydrogen-bond acceptors (Lipinski definition) is 4. The summed E-state index contributed by atoms with van der Waals surface area (Å²) >= 11 is 0. The van der Waals surface area contributed by atoms with Gasteiger partial charge in [0.05, 0.1) is 32.4 Å². The molecule has 0 aliphatic heterocycles. The van der Waals surface area contributed by atoms with Crippen molar-refractivity contribution >= 4 is 5.69 Å². The van der Waals surface area contributed by atoms with Crippen molar-refractivity contribution in [3.8, 4) is 17.6 Å². The molecule has 0 N–H and O–H groups in total. The average Bonchev–Trinajstić information content (AvgIpc) is 2.28. The van der Waals surface area contributed by atoms with Crippen molar-refractivity contribution in [2.24, 2.45) is 0 Å². The van der Waals surface area contributed by atoms with Gasteiger partial charge >= 0.3 is 0 Å². The molecule has 0 atom stereocenters. The molecule has 0 saturated heterocycles. The summed E-state index contributed by atoms with van der Waals surface area (Å²) in [5, 5.41) is 8.72. The van der Waals surface area contributed by atoms with Crippen molar-refractivity contribution in [1.82, 2.24) is 0 Å². The first-order chi connectivity index (χ1) is 7.63. The van der Waals surface area contributed by atoms with Gasteiger partial charge in [-0.1, -0.05) is 0 Å². The van der Waals surface area contributed by atoms with Crippen LogP contribution in [0.25, 0.3) is 0 Å².